The van der Waals surface area contributed by atoms with Gasteiger partial charge in [0.1, 0.15) is 22.8 Å². The van der Waals surface area contributed by atoms with Crippen LogP contribution in [0.4, 0.5) is 0 Å². The van der Waals surface area contributed by atoms with Crippen LogP contribution in [0.15, 0.2) is 53.3 Å². The summed E-state index contributed by atoms with van der Waals surface area (Å²) in [5.41, 5.74) is 3.80. The number of aromatic hydroxyl groups is 1. The van der Waals surface area contributed by atoms with E-state index in [0.717, 1.165) is 0 Å². The number of ketones is 2. The molecule has 2 aromatic rings. The van der Waals surface area contributed by atoms with Crippen LogP contribution >= 0.6 is 0 Å². The van der Waals surface area contributed by atoms with E-state index in [1.165, 1.54) is 6.07 Å². The number of amides is 2. The van der Waals surface area contributed by atoms with Crippen molar-refractivity contribution in [1.29, 1.82) is 0 Å². The van der Waals surface area contributed by atoms with E-state index in [0.29, 0.717) is 35.3 Å². The van der Waals surface area contributed by atoms with Crippen molar-refractivity contribution < 1.29 is 39.6 Å². The first-order valence-corrected chi connectivity index (χ1v) is 13.2. The maximum Gasteiger partial charge on any atom is 0.255 e. The van der Waals surface area contributed by atoms with Gasteiger partial charge in [0, 0.05) is 36.6 Å². The number of Topliss-reactive ketones (excluding diaryl/α,β-unsaturated/α-hetero) is 2. The van der Waals surface area contributed by atoms with Crippen molar-refractivity contribution in [2.24, 2.45) is 17.6 Å². The minimum atomic E-state index is -2.61. The highest BCUT2D eigenvalue weighted by molar-refractivity contribution is 6.22. The lowest BCUT2D eigenvalue weighted by Gasteiger charge is -2.46. The van der Waals surface area contributed by atoms with Gasteiger partial charge in [-0.1, -0.05) is 18.2 Å². The van der Waals surface area contributed by atoms with Gasteiger partial charge in [-0.15, -0.1) is 0 Å². The fourth-order valence-electron chi connectivity index (χ4n) is 6.22. The number of hydrogen-bond donors (Lipinski definition) is 6. The first-order valence-electron chi connectivity index (χ1n) is 13.2. The van der Waals surface area contributed by atoms with Crippen LogP contribution in [0.25, 0.3) is 16.9 Å². The van der Waals surface area contributed by atoms with Crippen LogP contribution in [0, 0.1) is 11.8 Å². The van der Waals surface area contributed by atoms with Gasteiger partial charge in [-0.2, -0.15) is 0 Å². The number of phenols is 1. The minimum absolute atomic E-state index is 0.00420. The number of primary amides is 1. The third kappa shape index (κ3) is 4.47. The molecule has 3 atom stereocenters. The van der Waals surface area contributed by atoms with Gasteiger partial charge >= 0.3 is 0 Å². The molecule has 7 N–H and O–H groups in total. The molecule has 0 heterocycles. The molecule has 41 heavy (non-hydrogen) atoms. The van der Waals surface area contributed by atoms with E-state index >= 15 is 0 Å². The summed E-state index contributed by atoms with van der Waals surface area (Å²) in [6.45, 7) is 1.13. The van der Waals surface area contributed by atoms with E-state index in [1.807, 2.05) is 19.0 Å². The lowest BCUT2D eigenvalue weighted by atomic mass is 9.59. The number of fused-ring (bicyclic) bond motifs is 3. The van der Waals surface area contributed by atoms with E-state index in [2.05, 4.69) is 5.32 Å². The normalized spacial score (nSPS) is 23.7. The maximum absolute atomic E-state index is 13.7. The Kier molecular flexibility index (Phi) is 6.96. The molecule has 2 amide bonds. The number of likely N-dealkylation sites (N-methyl/N-ethyl adjacent to an activating group) is 1. The summed E-state index contributed by atoms with van der Waals surface area (Å²) < 4.78 is 0. The van der Waals surface area contributed by atoms with E-state index in [9.17, 15) is 39.6 Å². The van der Waals surface area contributed by atoms with Crippen LogP contribution in [0.2, 0.25) is 0 Å². The van der Waals surface area contributed by atoms with Crippen molar-refractivity contribution in [2.75, 3.05) is 27.2 Å². The number of carbonyl (C=O) groups is 4. The summed E-state index contributed by atoms with van der Waals surface area (Å²) in [6.07, 6.45) is -0.191. The second-order valence-corrected chi connectivity index (χ2v) is 11.0. The summed E-state index contributed by atoms with van der Waals surface area (Å²) in [7, 11) is 3.81. The van der Waals surface area contributed by atoms with Gasteiger partial charge in [0.2, 0.25) is 5.78 Å². The molecule has 0 unspecified atom stereocenters. The molecule has 214 valence electrons. The number of nitrogens with zero attached hydrogens (tertiary/aromatic N) is 1. The number of aliphatic hydroxyl groups is 3. The number of hydrogen-bond acceptors (Lipinski definition) is 9. The smallest absolute Gasteiger partial charge is 0.255 e. The highest BCUT2D eigenvalue weighted by Gasteiger charge is 2.60. The predicted octanol–water partition coefficient (Wildman–Crippen LogP) is 1.38. The SMILES string of the molecule is CN(C)CCNC(=O)c1cccc(-c2ccc(O)c3c2C[C@H]2C[C@H]4CC(=O)C(C(N)=O)=C(O)[C@@]4(O)C(=O)C2=C3O)c1. The predicted molar refractivity (Wildman–Crippen MR) is 148 cm³/mol. The molecule has 11 heteroatoms. The minimum Gasteiger partial charge on any atom is -0.508 e. The number of phenolic OH excluding ortho intramolecular Hbond substituents is 1. The molecule has 1 saturated carbocycles. The fourth-order valence-corrected chi connectivity index (χ4v) is 6.22. The number of nitrogens with one attached hydrogen (secondary N) is 1. The van der Waals surface area contributed by atoms with E-state index in [-0.39, 0.29) is 42.1 Å². The summed E-state index contributed by atoms with van der Waals surface area (Å²) in [4.78, 5) is 52.8. The Bertz CT molecular complexity index is 1570. The molecule has 5 rings (SSSR count). The Hall–Kier alpha value is -4.48. The van der Waals surface area contributed by atoms with Crippen molar-refractivity contribution in [3.8, 4) is 16.9 Å². The number of rotatable bonds is 6. The van der Waals surface area contributed by atoms with Crippen LogP contribution in [0.5, 0.6) is 5.75 Å². The average molecular weight is 562 g/mol. The molecule has 3 aliphatic carbocycles. The number of nitrogens with two attached hydrogens (primary N) is 1. The lowest BCUT2D eigenvalue weighted by molar-refractivity contribution is -0.147. The number of carbonyl (C=O) groups excluding carboxylic acids is 4. The first kappa shape index (κ1) is 28.1. The first-order chi connectivity index (χ1) is 19.4. The topological polar surface area (TPSA) is 190 Å². The quantitative estimate of drug-likeness (QED) is 0.283. The molecular weight excluding hydrogens is 530 g/mol. The van der Waals surface area contributed by atoms with E-state index < -0.39 is 52.0 Å². The van der Waals surface area contributed by atoms with Crippen LogP contribution < -0.4 is 11.1 Å². The molecule has 0 aromatic heterocycles. The Morgan fingerprint density at radius 1 is 1.10 bits per heavy atom. The van der Waals surface area contributed by atoms with Crippen LogP contribution in [-0.2, 0) is 20.8 Å². The highest BCUT2D eigenvalue weighted by Crippen LogP contribution is 2.53. The standard InChI is InChI=1S/C30H31N3O8/c1-33(2)9-8-32-29(40)15-5-3-4-14(10-15)18-6-7-20(34)23-19(18)12-16-11-17-13-21(35)24(28(31)39)27(38)30(17,41)26(37)22(16)25(23)36/h3-7,10,16-17,34,36,38,41H,8-9,11-13H2,1-2H3,(H2,31,39)(H,32,40)/t16-,17+,30+/m1/s1. The molecule has 0 spiro atoms. The van der Waals surface area contributed by atoms with Crippen molar-refractivity contribution in [3.05, 3.63) is 70.0 Å². The van der Waals surface area contributed by atoms with Gasteiger partial charge < -0.3 is 36.4 Å². The van der Waals surface area contributed by atoms with Crippen LogP contribution in [0.3, 0.4) is 0 Å². The molecule has 0 saturated heterocycles. The van der Waals surface area contributed by atoms with Gasteiger partial charge in [-0.3, -0.25) is 19.2 Å². The Morgan fingerprint density at radius 2 is 1.83 bits per heavy atom. The van der Waals surface area contributed by atoms with Gasteiger partial charge in [0.05, 0.1) is 5.56 Å². The summed E-state index contributed by atoms with van der Waals surface area (Å²) in [5.74, 6) is -7.03. The molecule has 11 nitrogen and oxygen atoms in total. The molecule has 3 aliphatic rings. The van der Waals surface area contributed by atoms with Crippen molar-refractivity contribution >= 4 is 29.1 Å². The van der Waals surface area contributed by atoms with Crippen molar-refractivity contribution in [3.63, 3.8) is 0 Å². The zero-order valence-corrected chi connectivity index (χ0v) is 22.6. The van der Waals surface area contributed by atoms with Crippen LogP contribution in [0.1, 0.15) is 34.3 Å². The van der Waals surface area contributed by atoms with Crippen molar-refractivity contribution in [2.45, 2.75) is 24.9 Å². The third-order valence-corrected chi connectivity index (χ3v) is 8.23. The molecule has 2 aromatic carbocycles. The molecule has 0 aliphatic heterocycles. The molecule has 0 radical (unpaired) electrons. The maximum atomic E-state index is 13.7. The van der Waals surface area contributed by atoms with Crippen molar-refractivity contribution in [1.82, 2.24) is 10.2 Å². The zero-order chi connectivity index (χ0) is 29.8. The van der Waals surface area contributed by atoms with Gasteiger partial charge in [0.25, 0.3) is 11.8 Å². The molecule has 1 fully saturated rings. The van der Waals surface area contributed by atoms with Gasteiger partial charge in [0.15, 0.2) is 11.4 Å². The van der Waals surface area contributed by atoms with Crippen LogP contribution in [-0.4, -0.2) is 81.5 Å². The lowest BCUT2D eigenvalue weighted by Crippen LogP contribution is -2.58. The summed E-state index contributed by atoms with van der Waals surface area (Å²) >= 11 is 0. The monoisotopic (exact) mass is 561 g/mol. The molecular formula is C30H31N3O8. The average Bonchev–Trinajstić information content (AvgIpc) is 2.90. The zero-order valence-electron chi connectivity index (χ0n) is 22.6. The fraction of sp³-hybridized carbons (Fsp3) is 0.333. The third-order valence-electron chi connectivity index (χ3n) is 8.23. The summed E-state index contributed by atoms with van der Waals surface area (Å²) in [5, 5.41) is 47.1. The highest BCUT2D eigenvalue weighted by atomic mass is 16.3. The number of benzene rings is 2. The van der Waals surface area contributed by atoms with E-state index in [4.69, 9.17) is 5.73 Å². The Balaban J connectivity index is 1.58. The van der Waals surface area contributed by atoms with Gasteiger partial charge in [-0.05, 0) is 67.7 Å². The number of aliphatic hydroxyl groups excluding tert-OH is 2. The Labute approximate surface area is 235 Å². The van der Waals surface area contributed by atoms with E-state index in [1.54, 1.807) is 30.3 Å². The largest absolute Gasteiger partial charge is 0.508 e. The second-order valence-electron chi connectivity index (χ2n) is 11.0. The Morgan fingerprint density at radius 3 is 2.51 bits per heavy atom. The summed E-state index contributed by atoms with van der Waals surface area (Å²) in [6, 6.07) is 9.92. The second kappa shape index (κ2) is 10.2. The van der Waals surface area contributed by atoms with Gasteiger partial charge in [-0.25, -0.2) is 0 Å². The molecule has 0 bridgehead atoms.